The smallest absolute Gasteiger partial charge is 0.224 e. The molecule has 0 amide bonds. The lowest BCUT2D eigenvalue weighted by atomic mass is 9.91. The molecule has 2 aliphatic rings. The number of alkyl halides is 6. The van der Waals surface area contributed by atoms with E-state index in [1.165, 1.54) is 0 Å². The van der Waals surface area contributed by atoms with Gasteiger partial charge in [-0.15, -0.1) is 11.6 Å². The van der Waals surface area contributed by atoms with Gasteiger partial charge in [-0.25, -0.2) is 0 Å². The maximum Gasteiger partial charge on any atom is 0.224 e. The van der Waals surface area contributed by atoms with Crippen molar-refractivity contribution in [3.05, 3.63) is 0 Å². The minimum absolute atomic E-state index is 0.0449. The van der Waals surface area contributed by atoms with Crippen LogP contribution in [-0.2, 0) is 9.47 Å². The molecule has 3 unspecified atom stereocenters. The summed E-state index contributed by atoms with van der Waals surface area (Å²) < 4.78 is 6.83. The summed E-state index contributed by atoms with van der Waals surface area (Å²) in [6.45, 7) is 1.50. The van der Waals surface area contributed by atoms with Gasteiger partial charge in [-0.05, 0) is 19.3 Å². The monoisotopic (exact) mass is 402 g/mol. The first-order chi connectivity index (χ1) is 9.16. The highest BCUT2D eigenvalue weighted by molar-refractivity contribution is 6.76. The summed E-state index contributed by atoms with van der Waals surface area (Å²) in [5.41, 5.74) is 0. The Kier molecular flexibility index (Phi) is 5.98. The Morgan fingerprint density at radius 3 is 1.85 bits per heavy atom. The van der Waals surface area contributed by atoms with Crippen LogP contribution in [0.1, 0.15) is 32.1 Å². The van der Waals surface area contributed by atoms with Crippen molar-refractivity contribution < 1.29 is 9.47 Å². The lowest BCUT2D eigenvalue weighted by molar-refractivity contribution is 0.331. The number of rotatable bonds is 8. The van der Waals surface area contributed by atoms with Crippen LogP contribution in [0.4, 0.5) is 0 Å². The first-order valence-electron chi connectivity index (χ1n) is 6.52. The molecule has 2 aliphatic heterocycles. The number of hydrogen-bond donors (Lipinski definition) is 0. The first kappa shape index (κ1) is 18.0. The molecule has 0 spiro atoms. The summed E-state index contributed by atoms with van der Waals surface area (Å²) in [4.78, 5) is -1.03. The Morgan fingerprint density at radius 1 is 0.850 bits per heavy atom. The summed E-state index contributed by atoms with van der Waals surface area (Å²) >= 11 is 37.0. The summed E-state index contributed by atoms with van der Waals surface area (Å²) in [5.74, 6) is 0. The fourth-order valence-electron chi connectivity index (χ4n) is 2.20. The Labute approximate surface area is 149 Å². The van der Waals surface area contributed by atoms with Crippen molar-refractivity contribution in [1.82, 2.24) is 0 Å². The molecule has 0 radical (unpaired) electrons. The number of ether oxygens (including phenoxy) is 2. The van der Waals surface area contributed by atoms with Gasteiger partial charge in [0.25, 0.3) is 0 Å². The molecule has 3 atom stereocenters. The van der Waals surface area contributed by atoms with Crippen LogP contribution in [0.3, 0.4) is 0 Å². The molecule has 2 rings (SSSR count). The van der Waals surface area contributed by atoms with Gasteiger partial charge in [0.05, 0.1) is 30.3 Å². The molecule has 118 valence electrons. The molecule has 20 heavy (non-hydrogen) atoms. The fourth-order valence-corrected chi connectivity index (χ4v) is 3.68. The Morgan fingerprint density at radius 2 is 1.40 bits per heavy atom. The molecule has 0 bridgehead atoms. The topological polar surface area (TPSA) is 25.1 Å². The lowest BCUT2D eigenvalue weighted by Gasteiger charge is -2.42. The van der Waals surface area contributed by atoms with E-state index in [-0.39, 0.29) is 6.10 Å². The summed E-state index contributed by atoms with van der Waals surface area (Å²) in [7, 11) is 0. The van der Waals surface area contributed by atoms with Crippen molar-refractivity contribution in [2.24, 2.45) is 0 Å². The molecule has 0 saturated carbocycles. The third kappa shape index (κ3) is 4.58. The zero-order valence-electron chi connectivity index (χ0n) is 10.7. The average molecular weight is 405 g/mol. The van der Waals surface area contributed by atoms with Gasteiger partial charge in [0.15, 0.2) is 4.33 Å². The van der Waals surface area contributed by atoms with Gasteiger partial charge in [0.2, 0.25) is 3.79 Å². The molecule has 0 aromatic heterocycles. The van der Waals surface area contributed by atoms with Crippen LogP contribution in [0, 0.1) is 0 Å². The highest BCUT2D eigenvalue weighted by Gasteiger charge is 2.61. The molecule has 2 heterocycles. The molecule has 0 N–H and O–H groups in total. The molecule has 8 heteroatoms. The van der Waals surface area contributed by atoms with E-state index in [1.54, 1.807) is 0 Å². The normalized spacial score (nSPS) is 29.1. The second kappa shape index (κ2) is 6.65. The van der Waals surface area contributed by atoms with Crippen LogP contribution in [0.25, 0.3) is 0 Å². The summed E-state index contributed by atoms with van der Waals surface area (Å²) in [6.07, 6.45) is 4.31. The zero-order chi connectivity index (χ0) is 15.0. The van der Waals surface area contributed by atoms with E-state index in [4.69, 9.17) is 79.1 Å². The molecule has 0 aliphatic carbocycles. The Balaban J connectivity index is 1.95. The first-order valence-corrected chi connectivity index (χ1v) is 8.79. The van der Waals surface area contributed by atoms with Crippen molar-refractivity contribution in [2.75, 3.05) is 13.2 Å². The number of unbranched alkanes of at least 4 members (excludes halogenated alkanes) is 1. The maximum absolute atomic E-state index is 6.65. The van der Waals surface area contributed by atoms with Crippen LogP contribution in [-0.4, -0.2) is 38.4 Å². The lowest BCUT2D eigenvalue weighted by Crippen LogP contribution is -2.51. The molecule has 0 aromatic carbocycles. The van der Waals surface area contributed by atoms with Gasteiger partial charge < -0.3 is 9.47 Å². The van der Waals surface area contributed by atoms with Crippen molar-refractivity contribution in [1.29, 1.82) is 0 Å². The highest BCUT2D eigenvalue weighted by Crippen LogP contribution is 2.58. The van der Waals surface area contributed by atoms with E-state index in [1.807, 2.05) is 0 Å². The molecule has 2 nitrogen and oxygen atoms in total. The van der Waals surface area contributed by atoms with Crippen molar-refractivity contribution >= 4 is 69.6 Å². The van der Waals surface area contributed by atoms with Gasteiger partial charge in [-0.1, -0.05) is 70.8 Å². The van der Waals surface area contributed by atoms with Crippen molar-refractivity contribution in [2.45, 2.75) is 57.3 Å². The highest BCUT2D eigenvalue weighted by atomic mass is 35.6. The van der Waals surface area contributed by atoms with Gasteiger partial charge in [-0.3, -0.25) is 0 Å². The largest absolute Gasteiger partial charge is 0.373 e. The van der Waals surface area contributed by atoms with Crippen molar-refractivity contribution in [3.8, 4) is 0 Å². The number of hydrogen-bond acceptors (Lipinski definition) is 2. The number of halogens is 6. The van der Waals surface area contributed by atoms with Gasteiger partial charge in [-0.2, -0.15) is 0 Å². The minimum Gasteiger partial charge on any atom is -0.373 e. The van der Waals surface area contributed by atoms with Crippen LogP contribution in [0.5, 0.6) is 0 Å². The van der Waals surface area contributed by atoms with E-state index >= 15 is 0 Å². The van der Waals surface area contributed by atoms with E-state index in [2.05, 4.69) is 0 Å². The number of epoxide rings is 2. The van der Waals surface area contributed by atoms with E-state index in [9.17, 15) is 0 Å². The predicted molar refractivity (Wildman–Crippen MR) is 85.9 cm³/mol. The standard InChI is InChI=1S/C12H16Cl6O2/c13-10(5-9-7-20-9,11(14,15)12(16,17)18)4-2-1-3-8-6-19-8/h8-9H,1-7H2. The quantitative estimate of drug-likeness (QED) is 0.313. The maximum atomic E-state index is 6.65. The molecule has 0 aromatic rings. The second-order valence-electron chi connectivity index (χ2n) is 5.40. The zero-order valence-corrected chi connectivity index (χ0v) is 15.2. The van der Waals surface area contributed by atoms with E-state index in [0.29, 0.717) is 25.6 Å². The molecular formula is C12H16Cl6O2. The summed E-state index contributed by atoms with van der Waals surface area (Å²) in [5, 5.41) is 0. The van der Waals surface area contributed by atoms with Gasteiger partial charge in [0.1, 0.15) is 0 Å². The third-order valence-corrected chi connectivity index (χ3v) is 7.17. The Bertz CT molecular complexity index is 337. The Hall–Kier alpha value is 1.66. The van der Waals surface area contributed by atoms with E-state index < -0.39 is 13.0 Å². The molecule has 2 saturated heterocycles. The predicted octanol–water partition coefficient (Wildman–Crippen LogP) is 5.26. The summed E-state index contributed by atoms with van der Waals surface area (Å²) in [6, 6.07) is 0. The SMILES string of the molecule is ClC(Cl)(Cl)C(Cl)(Cl)C(Cl)(CCCCC1CO1)CC1CO1. The van der Waals surface area contributed by atoms with Crippen LogP contribution >= 0.6 is 69.6 Å². The fraction of sp³-hybridized carbons (Fsp3) is 1.00. The second-order valence-corrected chi connectivity index (χ2v) is 9.73. The van der Waals surface area contributed by atoms with Gasteiger partial charge in [0, 0.05) is 0 Å². The van der Waals surface area contributed by atoms with E-state index in [0.717, 1.165) is 25.9 Å². The molecular weight excluding hydrogens is 389 g/mol. The van der Waals surface area contributed by atoms with Crippen LogP contribution < -0.4 is 0 Å². The van der Waals surface area contributed by atoms with Gasteiger partial charge >= 0.3 is 0 Å². The average Bonchev–Trinajstić information content (AvgIpc) is 3.17. The van der Waals surface area contributed by atoms with Crippen LogP contribution in [0.2, 0.25) is 0 Å². The minimum atomic E-state index is -1.87. The van der Waals surface area contributed by atoms with Crippen LogP contribution in [0.15, 0.2) is 0 Å². The van der Waals surface area contributed by atoms with Crippen molar-refractivity contribution in [3.63, 3.8) is 0 Å². The third-order valence-electron chi connectivity index (χ3n) is 3.62. The molecule has 2 fully saturated rings.